The van der Waals surface area contributed by atoms with Gasteiger partial charge in [0.05, 0.1) is 17.6 Å². The van der Waals surface area contributed by atoms with E-state index < -0.39 is 17.6 Å². The molecule has 0 aromatic carbocycles. The number of carbonyl (C=O) groups is 1. The van der Waals surface area contributed by atoms with Gasteiger partial charge in [-0.05, 0) is 13.8 Å². The smallest absolute Gasteiger partial charge is 0.229 e. The molecule has 4 nitrogen and oxygen atoms in total. The van der Waals surface area contributed by atoms with Gasteiger partial charge in [0.15, 0.2) is 0 Å². The van der Waals surface area contributed by atoms with E-state index in [4.69, 9.17) is 11.6 Å². The number of carbonyl (C=O) groups excluding carboxylic acids is 1. The standard InChI is InChI=1S/C9H16ClNO3/c1-9(2,5-10)8(14)11-3-6(12)7(13)4-11/h6-7,12-13H,3-5H2,1-2H3. The summed E-state index contributed by atoms with van der Waals surface area (Å²) in [5.74, 6) is 0.109. The Balaban J connectivity index is 2.64. The zero-order valence-electron chi connectivity index (χ0n) is 8.40. The van der Waals surface area contributed by atoms with E-state index in [1.54, 1.807) is 13.8 Å². The highest BCUT2D eigenvalue weighted by Gasteiger charge is 2.38. The monoisotopic (exact) mass is 221 g/mol. The molecule has 0 aromatic heterocycles. The van der Waals surface area contributed by atoms with Gasteiger partial charge in [-0.1, -0.05) is 0 Å². The molecule has 0 aromatic rings. The summed E-state index contributed by atoms with van der Waals surface area (Å²) in [4.78, 5) is 13.3. The van der Waals surface area contributed by atoms with Gasteiger partial charge >= 0.3 is 0 Å². The Morgan fingerprint density at radius 2 is 1.86 bits per heavy atom. The number of rotatable bonds is 2. The summed E-state index contributed by atoms with van der Waals surface area (Å²) in [6.07, 6.45) is -1.66. The Morgan fingerprint density at radius 1 is 1.43 bits per heavy atom. The number of β-amino-alcohol motifs (C(OH)–C–C–N with tert-alkyl or cyclic N) is 2. The first-order chi connectivity index (χ1) is 6.38. The number of hydrogen-bond acceptors (Lipinski definition) is 3. The van der Waals surface area contributed by atoms with E-state index in [0.29, 0.717) is 0 Å². The van der Waals surface area contributed by atoms with Crippen molar-refractivity contribution in [1.29, 1.82) is 0 Å². The highest BCUT2D eigenvalue weighted by atomic mass is 35.5. The molecule has 14 heavy (non-hydrogen) atoms. The second kappa shape index (κ2) is 4.04. The molecule has 0 spiro atoms. The third-order valence-electron chi connectivity index (χ3n) is 2.46. The van der Waals surface area contributed by atoms with Crippen LogP contribution in [0.25, 0.3) is 0 Å². The molecule has 1 aliphatic rings. The molecule has 1 saturated heterocycles. The molecule has 5 heteroatoms. The minimum atomic E-state index is -0.829. The summed E-state index contributed by atoms with van der Waals surface area (Å²) in [6.45, 7) is 3.89. The first kappa shape index (κ1) is 11.8. The van der Waals surface area contributed by atoms with Crippen molar-refractivity contribution in [3.8, 4) is 0 Å². The van der Waals surface area contributed by atoms with Gasteiger partial charge < -0.3 is 15.1 Å². The van der Waals surface area contributed by atoms with Gasteiger partial charge in [0.1, 0.15) is 0 Å². The molecule has 1 rings (SSSR count). The zero-order valence-corrected chi connectivity index (χ0v) is 9.16. The highest BCUT2D eigenvalue weighted by molar-refractivity contribution is 6.19. The van der Waals surface area contributed by atoms with Crippen LogP contribution in [0.5, 0.6) is 0 Å². The number of amides is 1. The van der Waals surface area contributed by atoms with Crippen LogP contribution in [-0.4, -0.2) is 52.2 Å². The van der Waals surface area contributed by atoms with Crippen LogP contribution in [-0.2, 0) is 4.79 Å². The molecule has 2 N–H and O–H groups in total. The average Bonchev–Trinajstić information content (AvgIpc) is 2.45. The Morgan fingerprint density at radius 3 is 2.21 bits per heavy atom. The maximum atomic E-state index is 11.8. The number of halogens is 1. The lowest BCUT2D eigenvalue weighted by atomic mass is 9.94. The maximum Gasteiger partial charge on any atom is 0.229 e. The quantitative estimate of drug-likeness (QED) is 0.636. The van der Waals surface area contributed by atoms with Gasteiger partial charge in [0.25, 0.3) is 0 Å². The number of nitrogens with zero attached hydrogens (tertiary/aromatic N) is 1. The van der Waals surface area contributed by atoms with E-state index in [9.17, 15) is 15.0 Å². The number of aliphatic hydroxyl groups is 2. The molecule has 0 radical (unpaired) electrons. The molecule has 2 atom stereocenters. The number of hydrogen-bond donors (Lipinski definition) is 2. The lowest BCUT2D eigenvalue weighted by Gasteiger charge is -2.26. The van der Waals surface area contributed by atoms with Crippen LogP contribution < -0.4 is 0 Å². The lowest BCUT2D eigenvalue weighted by molar-refractivity contribution is -0.138. The van der Waals surface area contributed by atoms with Gasteiger partial charge in [0, 0.05) is 19.0 Å². The van der Waals surface area contributed by atoms with Gasteiger partial charge in [-0.15, -0.1) is 11.6 Å². The van der Waals surface area contributed by atoms with Gasteiger partial charge in [-0.3, -0.25) is 4.79 Å². The van der Waals surface area contributed by atoms with Gasteiger partial charge in [-0.25, -0.2) is 0 Å². The van der Waals surface area contributed by atoms with E-state index >= 15 is 0 Å². The highest BCUT2D eigenvalue weighted by Crippen LogP contribution is 2.23. The third kappa shape index (κ3) is 2.19. The van der Waals surface area contributed by atoms with Crippen LogP contribution in [0.3, 0.4) is 0 Å². The SMILES string of the molecule is CC(C)(CCl)C(=O)N1CC(O)C(O)C1. The molecule has 1 amide bonds. The predicted octanol–water partition coefficient (Wildman–Crippen LogP) is -0.185. The van der Waals surface area contributed by atoms with Crippen molar-refractivity contribution in [2.75, 3.05) is 19.0 Å². The molecular weight excluding hydrogens is 206 g/mol. The third-order valence-corrected chi connectivity index (χ3v) is 3.13. The topological polar surface area (TPSA) is 60.8 Å². The molecule has 1 fully saturated rings. The second-order valence-corrected chi connectivity index (χ2v) is 4.63. The summed E-state index contributed by atoms with van der Waals surface area (Å²) < 4.78 is 0. The summed E-state index contributed by atoms with van der Waals surface area (Å²) in [5.41, 5.74) is -0.634. The normalized spacial score (nSPS) is 28.2. The van der Waals surface area contributed by atoms with Gasteiger partial charge in [0.2, 0.25) is 5.91 Å². The molecule has 0 aliphatic carbocycles. The van der Waals surface area contributed by atoms with Crippen molar-refractivity contribution in [2.24, 2.45) is 5.41 Å². The Labute approximate surface area is 88.5 Å². The molecule has 0 bridgehead atoms. The van der Waals surface area contributed by atoms with Crippen molar-refractivity contribution in [2.45, 2.75) is 26.1 Å². The van der Waals surface area contributed by atoms with Crippen molar-refractivity contribution >= 4 is 17.5 Å². The van der Waals surface area contributed by atoms with E-state index in [2.05, 4.69) is 0 Å². The average molecular weight is 222 g/mol. The van der Waals surface area contributed by atoms with Crippen molar-refractivity contribution < 1.29 is 15.0 Å². The van der Waals surface area contributed by atoms with Crippen molar-refractivity contribution in [3.05, 3.63) is 0 Å². The molecule has 1 aliphatic heterocycles. The summed E-state index contributed by atoms with van der Waals surface area (Å²) >= 11 is 5.67. The first-order valence-electron chi connectivity index (χ1n) is 4.60. The van der Waals surface area contributed by atoms with E-state index in [-0.39, 0.29) is 24.9 Å². The van der Waals surface area contributed by atoms with Crippen LogP contribution >= 0.6 is 11.6 Å². The second-order valence-electron chi connectivity index (χ2n) is 4.36. The largest absolute Gasteiger partial charge is 0.388 e. The molecule has 1 heterocycles. The minimum Gasteiger partial charge on any atom is -0.388 e. The van der Waals surface area contributed by atoms with E-state index in [1.807, 2.05) is 0 Å². The predicted molar refractivity (Wildman–Crippen MR) is 53.1 cm³/mol. The molecule has 82 valence electrons. The van der Waals surface area contributed by atoms with Crippen LogP contribution in [0.15, 0.2) is 0 Å². The number of alkyl halides is 1. The summed E-state index contributed by atoms with van der Waals surface area (Å²) in [7, 11) is 0. The Hall–Kier alpha value is -0.320. The van der Waals surface area contributed by atoms with Gasteiger partial charge in [-0.2, -0.15) is 0 Å². The molecular formula is C9H16ClNO3. The number of likely N-dealkylation sites (tertiary alicyclic amines) is 1. The first-order valence-corrected chi connectivity index (χ1v) is 5.13. The summed E-state index contributed by atoms with van der Waals surface area (Å²) in [6, 6.07) is 0. The fourth-order valence-electron chi connectivity index (χ4n) is 1.42. The molecule has 0 saturated carbocycles. The van der Waals surface area contributed by atoms with Crippen molar-refractivity contribution in [1.82, 2.24) is 4.90 Å². The van der Waals surface area contributed by atoms with Crippen LogP contribution in [0, 0.1) is 5.41 Å². The Bertz CT molecular complexity index is 222. The zero-order chi connectivity index (χ0) is 10.9. The maximum absolute atomic E-state index is 11.8. The minimum absolute atomic E-state index is 0.122. The van der Waals surface area contributed by atoms with Crippen molar-refractivity contribution in [3.63, 3.8) is 0 Å². The summed E-state index contributed by atoms with van der Waals surface area (Å²) in [5, 5.41) is 18.6. The molecule has 2 unspecified atom stereocenters. The van der Waals surface area contributed by atoms with Crippen LogP contribution in [0.1, 0.15) is 13.8 Å². The lowest BCUT2D eigenvalue weighted by Crippen LogP contribution is -2.41. The Kier molecular flexibility index (Phi) is 3.40. The van der Waals surface area contributed by atoms with E-state index in [0.717, 1.165) is 0 Å². The van der Waals surface area contributed by atoms with E-state index in [1.165, 1.54) is 4.90 Å². The fraction of sp³-hybridized carbons (Fsp3) is 0.889. The fourth-order valence-corrected chi connectivity index (χ4v) is 1.53. The number of aliphatic hydroxyl groups excluding tert-OH is 2. The van der Waals surface area contributed by atoms with Crippen LogP contribution in [0.4, 0.5) is 0 Å². The van der Waals surface area contributed by atoms with Crippen LogP contribution in [0.2, 0.25) is 0 Å².